The first-order valence-corrected chi connectivity index (χ1v) is 10.7. The van der Waals surface area contributed by atoms with Crippen molar-refractivity contribution in [1.82, 2.24) is 9.97 Å². The SMILES string of the molecule is CC1Cc2c(C(N)=O)cccc2N1c1ncc(N(C)C)c(NCc2cccc(B(O)O)c2)n1. The molecule has 3 aromatic rings. The van der Waals surface area contributed by atoms with Gasteiger partial charge in [0, 0.05) is 37.9 Å². The second kappa shape index (κ2) is 9.09. The Morgan fingerprint density at radius 1 is 1.27 bits per heavy atom. The van der Waals surface area contributed by atoms with Crippen molar-refractivity contribution in [2.75, 3.05) is 29.2 Å². The number of benzene rings is 2. The number of nitrogens with two attached hydrogens (primary N) is 1. The predicted octanol–water partition coefficient (Wildman–Crippen LogP) is 1.02. The van der Waals surface area contributed by atoms with Gasteiger partial charge in [-0.2, -0.15) is 4.98 Å². The third-order valence-electron chi connectivity index (χ3n) is 5.78. The molecule has 0 radical (unpaired) electrons. The van der Waals surface area contributed by atoms with Gasteiger partial charge in [-0.15, -0.1) is 0 Å². The molecule has 2 aromatic carbocycles. The van der Waals surface area contributed by atoms with E-state index in [9.17, 15) is 14.8 Å². The summed E-state index contributed by atoms with van der Waals surface area (Å²) in [6.45, 7) is 2.50. The van der Waals surface area contributed by atoms with Crippen LogP contribution in [0.3, 0.4) is 0 Å². The number of nitrogens with zero attached hydrogens (tertiary/aromatic N) is 4. The fraction of sp³-hybridized carbons (Fsp3) is 0.261. The number of hydrogen-bond acceptors (Lipinski definition) is 8. The van der Waals surface area contributed by atoms with Crippen molar-refractivity contribution < 1.29 is 14.8 Å². The van der Waals surface area contributed by atoms with Gasteiger partial charge in [0.25, 0.3) is 0 Å². The number of nitrogens with one attached hydrogen (secondary N) is 1. The molecule has 170 valence electrons. The first-order chi connectivity index (χ1) is 15.8. The van der Waals surface area contributed by atoms with Crippen molar-refractivity contribution in [3.63, 3.8) is 0 Å². The lowest BCUT2D eigenvalue weighted by atomic mass is 9.80. The molecule has 2 heterocycles. The molecule has 0 saturated carbocycles. The Balaban J connectivity index is 1.67. The second-order valence-electron chi connectivity index (χ2n) is 8.36. The smallest absolute Gasteiger partial charge is 0.423 e. The van der Waals surface area contributed by atoms with E-state index < -0.39 is 13.0 Å². The Morgan fingerprint density at radius 2 is 2.03 bits per heavy atom. The average molecular weight is 446 g/mol. The summed E-state index contributed by atoms with van der Waals surface area (Å²) in [6.07, 6.45) is 2.44. The highest BCUT2D eigenvalue weighted by Crippen LogP contribution is 2.39. The molecule has 1 aromatic heterocycles. The molecular weight excluding hydrogens is 419 g/mol. The Kier molecular flexibility index (Phi) is 6.21. The summed E-state index contributed by atoms with van der Waals surface area (Å²) in [7, 11) is 2.31. The van der Waals surface area contributed by atoms with Crippen LogP contribution in [-0.4, -0.2) is 53.2 Å². The van der Waals surface area contributed by atoms with Gasteiger partial charge in [0.05, 0.1) is 11.9 Å². The van der Waals surface area contributed by atoms with Crippen molar-refractivity contribution in [3.8, 4) is 0 Å². The highest BCUT2D eigenvalue weighted by molar-refractivity contribution is 6.58. The lowest BCUT2D eigenvalue weighted by Gasteiger charge is -2.25. The van der Waals surface area contributed by atoms with Gasteiger partial charge in [-0.1, -0.05) is 30.3 Å². The Labute approximate surface area is 193 Å². The van der Waals surface area contributed by atoms with Crippen LogP contribution in [-0.2, 0) is 13.0 Å². The number of carbonyl (C=O) groups excluding carboxylic acids is 1. The Bertz CT molecular complexity index is 1190. The van der Waals surface area contributed by atoms with Gasteiger partial charge in [0.2, 0.25) is 11.9 Å². The van der Waals surface area contributed by atoms with Crippen LogP contribution in [0.1, 0.15) is 28.4 Å². The third kappa shape index (κ3) is 4.48. The van der Waals surface area contributed by atoms with Crippen LogP contribution >= 0.6 is 0 Å². The van der Waals surface area contributed by atoms with Gasteiger partial charge in [0.15, 0.2) is 5.82 Å². The molecular formula is C23H27BN6O3. The quantitative estimate of drug-likeness (QED) is 0.396. The summed E-state index contributed by atoms with van der Waals surface area (Å²) in [4.78, 5) is 25.3. The van der Waals surface area contributed by atoms with Gasteiger partial charge < -0.3 is 30.9 Å². The number of fused-ring (bicyclic) bond motifs is 1. The number of aromatic nitrogens is 2. The van der Waals surface area contributed by atoms with E-state index in [-0.39, 0.29) is 6.04 Å². The fourth-order valence-electron chi connectivity index (χ4n) is 4.16. The molecule has 0 fully saturated rings. The van der Waals surface area contributed by atoms with Crippen LogP contribution in [0.2, 0.25) is 0 Å². The topological polar surface area (TPSA) is 128 Å². The van der Waals surface area contributed by atoms with Crippen LogP contribution < -0.4 is 26.3 Å². The van der Waals surface area contributed by atoms with Crippen LogP contribution in [0, 0.1) is 0 Å². The zero-order valence-electron chi connectivity index (χ0n) is 18.9. The maximum atomic E-state index is 11.9. The molecule has 10 heteroatoms. The van der Waals surface area contributed by atoms with E-state index in [2.05, 4.69) is 17.2 Å². The highest BCUT2D eigenvalue weighted by Gasteiger charge is 2.32. The van der Waals surface area contributed by atoms with E-state index >= 15 is 0 Å². The molecule has 1 unspecified atom stereocenters. The van der Waals surface area contributed by atoms with Crippen molar-refractivity contribution in [3.05, 3.63) is 65.4 Å². The van der Waals surface area contributed by atoms with E-state index in [1.54, 1.807) is 30.5 Å². The lowest BCUT2D eigenvalue weighted by Crippen LogP contribution is -2.30. The van der Waals surface area contributed by atoms with Gasteiger partial charge in [0.1, 0.15) is 0 Å². The molecule has 9 nitrogen and oxygen atoms in total. The number of primary amides is 1. The monoisotopic (exact) mass is 446 g/mol. The lowest BCUT2D eigenvalue weighted by molar-refractivity contribution is 0.0999. The third-order valence-corrected chi connectivity index (χ3v) is 5.78. The summed E-state index contributed by atoms with van der Waals surface area (Å²) in [6, 6.07) is 12.7. The predicted molar refractivity (Wildman–Crippen MR) is 130 cm³/mol. The summed E-state index contributed by atoms with van der Waals surface area (Å²) in [5.74, 6) is 0.726. The zero-order valence-corrected chi connectivity index (χ0v) is 18.9. The summed E-state index contributed by atoms with van der Waals surface area (Å²) in [5, 5.41) is 22.2. The highest BCUT2D eigenvalue weighted by atomic mass is 16.4. The number of anilines is 4. The molecule has 33 heavy (non-hydrogen) atoms. The molecule has 1 aliphatic heterocycles. The first kappa shape index (κ1) is 22.6. The van der Waals surface area contributed by atoms with Crippen molar-refractivity contribution in [1.29, 1.82) is 0 Å². The number of carbonyl (C=O) groups is 1. The molecule has 0 spiro atoms. The molecule has 0 bridgehead atoms. The van der Waals surface area contributed by atoms with Crippen molar-refractivity contribution >= 4 is 41.6 Å². The van der Waals surface area contributed by atoms with Gasteiger partial charge >= 0.3 is 7.12 Å². The largest absolute Gasteiger partial charge is 0.488 e. The van der Waals surface area contributed by atoms with Crippen LogP contribution in [0.5, 0.6) is 0 Å². The van der Waals surface area contributed by atoms with E-state index in [0.29, 0.717) is 35.8 Å². The Hall–Kier alpha value is -3.63. The fourth-order valence-corrected chi connectivity index (χ4v) is 4.16. The van der Waals surface area contributed by atoms with E-state index in [1.807, 2.05) is 42.1 Å². The molecule has 1 amide bonds. The van der Waals surface area contributed by atoms with Crippen molar-refractivity contribution in [2.45, 2.75) is 25.9 Å². The van der Waals surface area contributed by atoms with E-state index in [1.165, 1.54) is 0 Å². The minimum absolute atomic E-state index is 0.0567. The minimum atomic E-state index is -1.52. The molecule has 1 atom stereocenters. The molecule has 4 rings (SSSR count). The normalized spacial score (nSPS) is 14.7. The van der Waals surface area contributed by atoms with Crippen molar-refractivity contribution in [2.24, 2.45) is 5.73 Å². The maximum absolute atomic E-state index is 11.9. The van der Waals surface area contributed by atoms with Crippen LogP contribution in [0.25, 0.3) is 0 Å². The molecule has 0 saturated heterocycles. The second-order valence-corrected chi connectivity index (χ2v) is 8.36. The minimum Gasteiger partial charge on any atom is -0.423 e. The number of hydrogen-bond donors (Lipinski definition) is 4. The zero-order chi connectivity index (χ0) is 23.7. The molecule has 5 N–H and O–H groups in total. The van der Waals surface area contributed by atoms with E-state index in [0.717, 1.165) is 22.5 Å². The van der Waals surface area contributed by atoms with Gasteiger partial charge in [-0.25, -0.2) is 4.98 Å². The standard InChI is InChI=1S/C23H27BN6O3/c1-14-10-18-17(21(25)31)8-5-9-19(18)30(14)23-27-13-20(29(2)3)22(28-23)26-12-15-6-4-7-16(11-15)24(32)33/h4-9,11,13-14,32-33H,10,12H2,1-3H3,(H2,25,31)(H,26,27,28). The van der Waals surface area contributed by atoms with Crippen LogP contribution in [0.4, 0.5) is 23.1 Å². The first-order valence-electron chi connectivity index (χ1n) is 10.7. The summed E-state index contributed by atoms with van der Waals surface area (Å²) < 4.78 is 0. The summed E-state index contributed by atoms with van der Waals surface area (Å²) >= 11 is 0. The molecule has 0 aliphatic carbocycles. The van der Waals surface area contributed by atoms with Gasteiger partial charge in [-0.3, -0.25) is 4.79 Å². The maximum Gasteiger partial charge on any atom is 0.488 e. The van der Waals surface area contributed by atoms with Gasteiger partial charge in [-0.05, 0) is 42.1 Å². The van der Waals surface area contributed by atoms with Crippen LogP contribution in [0.15, 0.2) is 48.7 Å². The number of amides is 1. The molecule has 1 aliphatic rings. The summed E-state index contributed by atoms with van der Waals surface area (Å²) in [5.41, 5.74) is 10.0. The van der Waals surface area contributed by atoms with E-state index in [4.69, 9.17) is 10.7 Å². The number of rotatable bonds is 7. The Morgan fingerprint density at radius 3 is 2.73 bits per heavy atom. The average Bonchev–Trinajstić information content (AvgIpc) is 3.13.